The van der Waals surface area contributed by atoms with Gasteiger partial charge in [-0.1, -0.05) is 66.7 Å². The number of nitrogens with one attached hydrogen (secondary N) is 1. The minimum atomic E-state index is -1.09. The Hall–Kier alpha value is -2.39. The van der Waals surface area contributed by atoms with Gasteiger partial charge in [0.2, 0.25) is 5.91 Å². The van der Waals surface area contributed by atoms with E-state index in [9.17, 15) is 9.90 Å². The predicted molar refractivity (Wildman–Crippen MR) is 93.0 cm³/mol. The molecule has 2 rings (SSSR count). The van der Waals surface area contributed by atoms with Crippen LogP contribution in [-0.4, -0.2) is 17.6 Å². The summed E-state index contributed by atoms with van der Waals surface area (Å²) in [5.41, 5.74) is 0.754. The molecule has 120 valence electrons. The Bertz CT molecular complexity index is 635. The number of amides is 1. The molecule has 3 heteroatoms. The van der Waals surface area contributed by atoms with Crippen molar-refractivity contribution in [2.75, 3.05) is 6.54 Å². The average molecular weight is 309 g/mol. The molecule has 0 fully saturated rings. The van der Waals surface area contributed by atoms with Gasteiger partial charge in [-0.25, -0.2) is 0 Å². The molecule has 23 heavy (non-hydrogen) atoms. The van der Waals surface area contributed by atoms with Crippen molar-refractivity contribution >= 4 is 5.91 Å². The van der Waals surface area contributed by atoms with Crippen molar-refractivity contribution in [3.05, 3.63) is 84.4 Å². The monoisotopic (exact) mass is 309 g/mol. The van der Waals surface area contributed by atoms with E-state index in [2.05, 4.69) is 11.9 Å². The van der Waals surface area contributed by atoms with Crippen molar-refractivity contribution in [3.63, 3.8) is 0 Å². The Labute approximate surface area is 137 Å². The zero-order valence-electron chi connectivity index (χ0n) is 13.4. The average Bonchev–Trinajstić information content (AvgIpc) is 2.59. The molecule has 0 aliphatic heterocycles. The summed E-state index contributed by atoms with van der Waals surface area (Å²) in [6.07, 6.45) is 2.10. The fourth-order valence-corrected chi connectivity index (χ4v) is 2.48. The molecule has 2 aromatic carbocycles. The van der Waals surface area contributed by atoms with Crippen LogP contribution in [0, 0.1) is 0 Å². The van der Waals surface area contributed by atoms with Crippen LogP contribution in [0.2, 0.25) is 0 Å². The summed E-state index contributed by atoms with van der Waals surface area (Å²) >= 11 is 0. The van der Waals surface area contributed by atoms with E-state index in [0.29, 0.717) is 6.42 Å². The Kier molecular flexibility index (Phi) is 5.72. The van der Waals surface area contributed by atoms with E-state index < -0.39 is 5.60 Å². The van der Waals surface area contributed by atoms with E-state index in [1.807, 2.05) is 60.7 Å². The lowest BCUT2D eigenvalue weighted by atomic mass is 9.94. The molecule has 2 unspecified atom stereocenters. The van der Waals surface area contributed by atoms with E-state index in [1.54, 1.807) is 13.0 Å². The maximum atomic E-state index is 12.2. The van der Waals surface area contributed by atoms with Crippen molar-refractivity contribution in [2.45, 2.75) is 24.9 Å². The third kappa shape index (κ3) is 4.80. The van der Waals surface area contributed by atoms with Crippen molar-refractivity contribution < 1.29 is 9.90 Å². The first-order valence-corrected chi connectivity index (χ1v) is 7.75. The maximum absolute atomic E-state index is 12.2. The highest BCUT2D eigenvalue weighted by molar-refractivity contribution is 5.77. The minimum Gasteiger partial charge on any atom is -0.384 e. The first kappa shape index (κ1) is 17.0. The number of allylic oxidation sites excluding steroid dienone is 1. The third-order valence-corrected chi connectivity index (χ3v) is 3.94. The van der Waals surface area contributed by atoms with Crippen molar-refractivity contribution in [3.8, 4) is 0 Å². The van der Waals surface area contributed by atoms with Crippen molar-refractivity contribution in [1.82, 2.24) is 5.32 Å². The molecule has 0 aliphatic carbocycles. The number of carbonyl (C=O) groups is 1. The van der Waals surface area contributed by atoms with Crippen LogP contribution in [0.25, 0.3) is 0 Å². The largest absolute Gasteiger partial charge is 0.384 e. The molecule has 0 aromatic heterocycles. The first-order chi connectivity index (χ1) is 11.0. The van der Waals surface area contributed by atoms with Crippen LogP contribution in [0.5, 0.6) is 0 Å². The fraction of sp³-hybridized carbons (Fsp3) is 0.250. The number of rotatable bonds is 7. The SMILES string of the molecule is C=CC(CC(=O)NCC(C)(O)c1ccccc1)c1ccccc1. The molecule has 2 aromatic rings. The molecule has 0 radical (unpaired) electrons. The topological polar surface area (TPSA) is 49.3 Å². The fourth-order valence-electron chi connectivity index (χ4n) is 2.48. The minimum absolute atomic E-state index is 0.0297. The van der Waals surface area contributed by atoms with Gasteiger partial charge in [0.05, 0.1) is 6.54 Å². The Morgan fingerprint density at radius 2 is 1.74 bits per heavy atom. The number of aliphatic hydroxyl groups is 1. The summed E-state index contributed by atoms with van der Waals surface area (Å²) in [4.78, 5) is 12.2. The smallest absolute Gasteiger partial charge is 0.221 e. The first-order valence-electron chi connectivity index (χ1n) is 7.75. The van der Waals surface area contributed by atoms with Gasteiger partial charge in [0.25, 0.3) is 0 Å². The van der Waals surface area contributed by atoms with Gasteiger partial charge in [-0.05, 0) is 18.1 Å². The van der Waals surface area contributed by atoms with E-state index in [-0.39, 0.29) is 18.4 Å². The van der Waals surface area contributed by atoms with E-state index >= 15 is 0 Å². The van der Waals surface area contributed by atoms with Crippen LogP contribution < -0.4 is 5.32 Å². The third-order valence-electron chi connectivity index (χ3n) is 3.94. The number of hydrogen-bond donors (Lipinski definition) is 2. The summed E-state index contributed by atoms with van der Waals surface area (Å²) in [5.74, 6) is -0.132. The molecule has 1 amide bonds. The van der Waals surface area contributed by atoms with Gasteiger partial charge >= 0.3 is 0 Å². The highest BCUT2D eigenvalue weighted by Crippen LogP contribution is 2.22. The normalized spacial score (nSPS) is 14.5. The second-order valence-corrected chi connectivity index (χ2v) is 5.87. The molecule has 0 saturated heterocycles. The Morgan fingerprint density at radius 1 is 1.17 bits per heavy atom. The zero-order valence-corrected chi connectivity index (χ0v) is 13.4. The maximum Gasteiger partial charge on any atom is 0.221 e. The molecule has 0 aliphatic rings. The molecular weight excluding hydrogens is 286 g/mol. The number of benzene rings is 2. The lowest BCUT2D eigenvalue weighted by molar-refractivity contribution is -0.122. The highest BCUT2D eigenvalue weighted by Gasteiger charge is 2.24. The Morgan fingerprint density at radius 3 is 2.30 bits per heavy atom. The molecule has 2 N–H and O–H groups in total. The number of carbonyl (C=O) groups excluding carboxylic acids is 1. The van der Waals surface area contributed by atoms with Crippen LogP contribution in [0.4, 0.5) is 0 Å². The summed E-state index contributed by atoms with van der Waals surface area (Å²) < 4.78 is 0. The van der Waals surface area contributed by atoms with E-state index in [4.69, 9.17) is 0 Å². The van der Waals surface area contributed by atoms with Gasteiger partial charge in [0.1, 0.15) is 5.60 Å². The van der Waals surface area contributed by atoms with Crippen molar-refractivity contribution in [2.24, 2.45) is 0 Å². The predicted octanol–water partition coefficient (Wildman–Crippen LogP) is 3.37. The van der Waals surface area contributed by atoms with Gasteiger partial charge in [-0.3, -0.25) is 4.79 Å². The van der Waals surface area contributed by atoms with Crippen LogP contribution in [0.15, 0.2) is 73.3 Å². The second-order valence-electron chi connectivity index (χ2n) is 5.87. The molecule has 2 atom stereocenters. The molecular formula is C20H23NO2. The van der Waals surface area contributed by atoms with Gasteiger partial charge in [0.15, 0.2) is 0 Å². The zero-order chi connectivity index (χ0) is 16.7. The summed E-state index contributed by atoms with van der Waals surface area (Å²) in [6, 6.07) is 19.1. The standard InChI is InChI=1S/C20H23NO2/c1-3-16(17-10-6-4-7-11-17)14-19(22)21-15-20(2,23)18-12-8-5-9-13-18/h3-13,16,23H,1,14-15H2,2H3,(H,21,22). The summed E-state index contributed by atoms with van der Waals surface area (Å²) in [6.45, 7) is 5.69. The Balaban J connectivity index is 1.93. The van der Waals surface area contributed by atoms with Gasteiger partial charge in [-0.15, -0.1) is 6.58 Å². The lowest BCUT2D eigenvalue weighted by Crippen LogP contribution is -2.38. The highest BCUT2D eigenvalue weighted by atomic mass is 16.3. The van der Waals surface area contributed by atoms with Crippen molar-refractivity contribution in [1.29, 1.82) is 0 Å². The summed E-state index contributed by atoms with van der Waals surface area (Å²) in [7, 11) is 0. The lowest BCUT2D eigenvalue weighted by Gasteiger charge is -2.24. The van der Waals surface area contributed by atoms with Crippen LogP contribution in [0.3, 0.4) is 0 Å². The van der Waals surface area contributed by atoms with Gasteiger partial charge in [-0.2, -0.15) is 0 Å². The van der Waals surface area contributed by atoms with Gasteiger partial charge < -0.3 is 10.4 Å². The van der Waals surface area contributed by atoms with E-state index in [1.165, 1.54) is 0 Å². The molecule has 0 spiro atoms. The molecule has 0 bridgehead atoms. The number of hydrogen-bond acceptors (Lipinski definition) is 2. The van der Waals surface area contributed by atoms with Crippen LogP contribution >= 0.6 is 0 Å². The molecule has 0 heterocycles. The molecule has 0 saturated carbocycles. The second kappa shape index (κ2) is 7.75. The summed E-state index contributed by atoms with van der Waals surface area (Å²) in [5, 5.41) is 13.3. The quantitative estimate of drug-likeness (QED) is 0.770. The van der Waals surface area contributed by atoms with Gasteiger partial charge in [0, 0.05) is 12.3 Å². The van der Waals surface area contributed by atoms with Crippen LogP contribution in [0.1, 0.15) is 30.4 Å². The van der Waals surface area contributed by atoms with Crippen LogP contribution in [-0.2, 0) is 10.4 Å². The van der Waals surface area contributed by atoms with E-state index in [0.717, 1.165) is 11.1 Å². The molecule has 3 nitrogen and oxygen atoms in total.